The Morgan fingerprint density at radius 2 is 1.64 bits per heavy atom. The van der Waals surface area contributed by atoms with Crippen LogP contribution in [0.2, 0.25) is 0 Å². The number of hydrogen-bond donors (Lipinski definition) is 0. The summed E-state index contributed by atoms with van der Waals surface area (Å²) in [7, 11) is 0. The number of allylic oxidation sites excluding steroid dienone is 4. The molecule has 0 aliphatic heterocycles. The Labute approximate surface area is 135 Å². The lowest BCUT2D eigenvalue weighted by atomic mass is 10.1. The van der Waals surface area contributed by atoms with E-state index in [0.717, 1.165) is 18.7 Å². The zero-order chi connectivity index (χ0) is 15.5. The number of aryl methyl sites for hydroxylation is 1. The highest BCUT2D eigenvalue weighted by atomic mass is 15.4. The van der Waals surface area contributed by atoms with Crippen molar-refractivity contribution in [3.05, 3.63) is 30.1 Å². The van der Waals surface area contributed by atoms with Gasteiger partial charge in [0, 0.05) is 6.54 Å². The smallest absolute Gasteiger partial charge is 0.109 e. The molecule has 22 heavy (non-hydrogen) atoms. The third kappa shape index (κ3) is 6.17. The lowest BCUT2D eigenvalue weighted by molar-refractivity contribution is 0.507. The van der Waals surface area contributed by atoms with Crippen LogP contribution in [0.4, 0.5) is 0 Å². The number of unbranched alkanes of at least 4 members (excludes halogenated alkanes) is 9. The highest BCUT2D eigenvalue weighted by molar-refractivity contribution is 5.67. The highest BCUT2D eigenvalue weighted by Gasteiger charge is 2.07. The molecule has 122 valence electrons. The standard InChI is InChI=1S/C19H31N3/c1-2-3-4-5-6-7-8-9-10-13-16-22-17-19(20-21-22)18-14-11-12-15-18/h11-12,14,17H,2-10,13,15-16H2,1H3. The molecule has 2 rings (SSSR count). The van der Waals surface area contributed by atoms with Gasteiger partial charge in [0.25, 0.3) is 0 Å². The lowest BCUT2D eigenvalue weighted by Gasteiger charge is -2.02. The van der Waals surface area contributed by atoms with Crippen molar-refractivity contribution < 1.29 is 0 Å². The van der Waals surface area contributed by atoms with Gasteiger partial charge in [-0.3, -0.25) is 4.68 Å². The minimum Gasteiger partial charge on any atom is -0.252 e. The summed E-state index contributed by atoms with van der Waals surface area (Å²) in [5.41, 5.74) is 2.33. The van der Waals surface area contributed by atoms with Gasteiger partial charge in [0.2, 0.25) is 0 Å². The molecular weight excluding hydrogens is 270 g/mol. The SMILES string of the molecule is CCCCCCCCCCCCn1cc(C2=CC=CC2)nn1. The van der Waals surface area contributed by atoms with E-state index >= 15 is 0 Å². The maximum Gasteiger partial charge on any atom is 0.109 e. The first-order valence-corrected chi connectivity index (χ1v) is 9.16. The van der Waals surface area contributed by atoms with E-state index < -0.39 is 0 Å². The molecule has 0 saturated heterocycles. The van der Waals surface area contributed by atoms with Crippen molar-refractivity contribution in [2.24, 2.45) is 0 Å². The van der Waals surface area contributed by atoms with Crippen LogP contribution < -0.4 is 0 Å². The van der Waals surface area contributed by atoms with Crippen LogP contribution in [0.15, 0.2) is 24.4 Å². The van der Waals surface area contributed by atoms with E-state index in [1.165, 1.54) is 69.8 Å². The van der Waals surface area contributed by atoms with Crippen molar-refractivity contribution in [3.63, 3.8) is 0 Å². The van der Waals surface area contributed by atoms with Gasteiger partial charge < -0.3 is 0 Å². The van der Waals surface area contributed by atoms with Gasteiger partial charge in [0.05, 0.1) is 6.20 Å². The normalized spacial score (nSPS) is 13.8. The van der Waals surface area contributed by atoms with E-state index in [1.807, 2.05) is 4.68 Å². The topological polar surface area (TPSA) is 30.7 Å². The first-order chi connectivity index (χ1) is 10.9. The first kappa shape index (κ1) is 17.0. The molecule has 1 aliphatic rings. The van der Waals surface area contributed by atoms with Crippen LogP contribution in [0.3, 0.4) is 0 Å². The summed E-state index contributed by atoms with van der Waals surface area (Å²) in [6.07, 6.45) is 23.2. The minimum atomic E-state index is 0.997. The molecule has 1 aliphatic carbocycles. The molecule has 0 unspecified atom stereocenters. The number of nitrogens with zero attached hydrogens (tertiary/aromatic N) is 3. The summed E-state index contributed by atoms with van der Waals surface area (Å²) in [4.78, 5) is 0. The van der Waals surface area contributed by atoms with Crippen LogP contribution in [-0.2, 0) is 6.54 Å². The molecule has 0 spiro atoms. The maximum atomic E-state index is 4.27. The van der Waals surface area contributed by atoms with Gasteiger partial charge in [-0.05, 0) is 18.4 Å². The summed E-state index contributed by atoms with van der Waals surface area (Å²) < 4.78 is 2.00. The summed E-state index contributed by atoms with van der Waals surface area (Å²) in [5.74, 6) is 0. The second-order valence-corrected chi connectivity index (χ2v) is 6.37. The molecular formula is C19H31N3. The van der Waals surface area contributed by atoms with Gasteiger partial charge in [-0.1, -0.05) is 88.2 Å². The van der Waals surface area contributed by atoms with E-state index in [0.29, 0.717) is 0 Å². The van der Waals surface area contributed by atoms with Crippen molar-refractivity contribution in [1.29, 1.82) is 0 Å². The van der Waals surface area contributed by atoms with Crippen molar-refractivity contribution >= 4 is 5.57 Å². The van der Waals surface area contributed by atoms with Gasteiger partial charge >= 0.3 is 0 Å². The van der Waals surface area contributed by atoms with Gasteiger partial charge in [0.15, 0.2) is 0 Å². The summed E-state index contributed by atoms with van der Waals surface area (Å²) in [6.45, 7) is 3.28. The molecule has 0 N–H and O–H groups in total. The Hall–Kier alpha value is -1.38. The molecule has 1 aromatic heterocycles. The van der Waals surface area contributed by atoms with Gasteiger partial charge in [-0.25, -0.2) is 0 Å². The van der Waals surface area contributed by atoms with Crippen molar-refractivity contribution in [2.45, 2.75) is 84.1 Å². The van der Waals surface area contributed by atoms with Gasteiger partial charge in [-0.15, -0.1) is 5.10 Å². The predicted molar refractivity (Wildman–Crippen MR) is 93.6 cm³/mol. The Morgan fingerprint density at radius 3 is 2.27 bits per heavy atom. The number of rotatable bonds is 12. The Balaban J connectivity index is 1.47. The molecule has 0 bridgehead atoms. The molecule has 1 heterocycles. The van der Waals surface area contributed by atoms with Crippen LogP contribution in [0.1, 0.15) is 83.2 Å². The van der Waals surface area contributed by atoms with Crippen molar-refractivity contribution in [3.8, 4) is 0 Å². The number of hydrogen-bond acceptors (Lipinski definition) is 2. The molecule has 0 amide bonds. The van der Waals surface area contributed by atoms with Gasteiger partial charge in [-0.2, -0.15) is 0 Å². The van der Waals surface area contributed by atoms with E-state index in [1.54, 1.807) is 0 Å². The summed E-state index contributed by atoms with van der Waals surface area (Å²) >= 11 is 0. The predicted octanol–water partition coefficient (Wildman–Crippen LogP) is 5.54. The molecule has 0 saturated carbocycles. The minimum absolute atomic E-state index is 0.997. The molecule has 0 radical (unpaired) electrons. The number of aromatic nitrogens is 3. The summed E-state index contributed by atoms with van der Waals surface area (Å²) in [5, 5.41) is 8.50. The monoisotopic (exact) mass is 301 g/mol. The summed E-state index contributed by atoms with van der Waals surface area (Å²) in [6, 6.07) is 0. The highest BCUT2D eigenvalue weighted by Crippen LogP contribution is 2.20. The molecule has 0 aromatic carbocycles. The molecule has 0 atom stereocenters. The second kappa shape index (κ2) is 10.4. The molecule has 1 aromatic rings. The van der Waals surface area contributed by atoms with E-state index in [2.05, 4.69) is 41.7 Å². The quantitative estimate of drug-likeness (QED) is 0.474. The fraction of sp³-hybridized carbons (Fsp3) is 0.684. The first-order valence-electron chi connectivity index (χ1n) is 9.16. The Bertz CT molecular complexity index is 471. The molecule has 3 nitrogen and oxygen atoms in total. The van der Waals surface area contributed by atoms with Crippen LogP contribution in [-0.4, -0.2) is 15.0 Å². The molecule has 3 heteroatoms. The largest absolute Gasteiger partial charge is 0.252 e. The van der Waals surface area contributed by atoms with E-state index in [4.69, 9.17) is 0 Å². The zero-order valence-electron chi connectivity index (χ0n) is 14.1. The average Bonchev–Trinajstić information content (AvgIpc) is 3.19. The van der Waals surface area contributed by atoms with Crippen LogP contribution >= 0.6 is 0 Å². The van der Waals surface area contributed by atoms with Crippen LogP contribution in [0.5, 0.6) is 0 Å². The maximum absolute atomic E-state index is 4.27. The van der Waals surface area contributed by atoms with E-state index in [-0.39, 0.29) is 0 Å². The van der Waals surface area contributed by atoms with Gasteiger partial charge in [0.1, 0.15) is 5.69 Å². The van der Waals surface area contributed by atoms with Crippen molar-refractivity contribution in [2.75, 3.05) is 0 Å². The fourth-order valence-electron chi connectivity index (χ4n) is 2.95. The third-order valence-electron chi connectivity index (χ3n) is 4.38. The van der Waals surface area contributed by atoms with E-state index in [9.17, 15) is 0 Å². The van der Waals surface area contributed by atoms with Crippen LogP contribution in [0.25, 0.3) is 5.57 Å². The average molecular weight is 301 g/mol. The van der Waals surface area contributed by atoms with Crippen LogP contribution in [0, 0.1) is 0 Å². The third-order valence-corrected chi connectivity index (χ3v) is 4.38. The zero-order valence-corrected chi connectivity index (χ0v) is 14.1. The Morgan fingerprint density at radius 1 is 0.955 bits per heavy atom. The second-order valence-electron chi connectivity index (χ2n) is 6.37. The Kier molecular flexibility index (Phi) is 8.00. The molecule has 0 fully saturated rings. The fourth-order valence-corrected chi connectivity index (χ4v) is 2.95. The van der Waals surface area contributed by atoms with Crippen molar-refractivity contribution in [1.82, 2.24) is 15.0 Å². The lowest BCUT2D eigenvalue weighted by Crippen LogP contribution is -1.98.